The molecule has 0 radical (unpaired) electrons. The maximum Gasteiger partial charge on any atom is 0.224 e. The third kappa shape index (κ3) is 5.76. The molecule has 1 aliphatic heterocycles. The maximum atomic E-state index is 10.1. The van der Waals surface area contributed by atoms with Crippen LogP contribution < -0.4 is 5.32 Å². The number of aliphatic hydroxyl groups is 1. The van der Waals surface area contributed by atoms with Gasteiger partial charge in [-0.15, -0.1) is 0 Å². The second kappa shape index (κ2) is 11.3. The van der Waals surface area contributed by atoms with Gasteiger partial charge in [0.2, 0.25) is 5.95 Å². The van der Waals surface area contributed by atoms with Crippen LogP contribution in [0, 0.1) is 5.92 Å². The highest BCUT2D eigenvalue weighted by Crippen LogP contribution is 2.37. The van der Waals surface area contributed by atoms with Gasteiger partial charge in [0, 0.05) is 35.4 Å². The number of hydrogen-bond donors (Lipinski definition) is 2. The molecule has 3 aromatic rings. The van der Waals surface area contributed by atoms with E-state index in [1.807, 2.05) is 6.20 Å². The van der Waals surface area contributed by atoms with Crippen molar-refractivity contribution in [3.63, 3.8) is 0 Å². The van der Waals surface area contributed by atoms with E-state index in [0.717, 1.165) is 55.5 Å². The fourth-order valence-corrected chi connectivity index (χ4v) is 6.09. The van der Waals surface area contributed by atoms with E-state index in [4.69, 9.17) is 9.97 Å². The van der Waals surface area contributed by atoms with Gasteiger partial charge in [-0.2, -0.15) is 4.98 Å². The van der Waals surface area contributed by atoms with Crippen molar-refractivity contribution in [2.45, 2.75) is 89.8 Å². The molecule has 0 spiro atoms. The van der Waals surface area contributed by atoms with Crippen molar-refractivity contribution in [1.29, 1.82) is 0 Å². The smallest absolute Gasteiger partial charge is 0.224 e. The maximum absolute atomic E-state index is 10.1. The molecule has 0 unspecified atom stereocenters. The molecule has 6 nitrogen and oxygen atoms in total. The van der Waals surface area contributed by atoms with E-state index < -0.39 is 0 Å². The molecule has 5 rings (SSSR count). The minimum Gasteiger partial charge on any atom is -0.393 e. The predicted octanol–water partition coefficient (Wildman–Crippen LogP) is 6.06. The Hall–Kier alpha value is -2.44. The highest BCUT2D eigenvalue weighted by molar-refractivity contribution is 5.94. The summed E-state index contributed by atoms with van der Waals surface area (Å²) < 4.78 is 2.36. The molecule has 1 saturated carbocycles. The number of hydrogen-bond acceptors (Lipinski definition) is 5. The Morgan fingerprint density at radius 2 is 1.78 bits per heavy atom. The number of piperidine rings is 1. The van der Waals surface area contributed by atoms with Gasteiger partial charge in [0.05, 0.1) is 6.10 Å². The average molecular weight is 490 g/mol. The van der Waals surface area contributed by atoms with Gasteiger partial charge >= 0.3 is 0 Å². The summed E-state index contributed by atoms with van der Waals surface area (Å²) in [5, 5.41) is 14.7. The fourth-order valence-electron chi connectivity index (χ4n) is 6.09. The van der Waals surface area contributed by atoms with Crippen molar-refractivity contribution in [3.05, 3.63) is 42.2 Å². The fraction of sp³-hybridized carbons (Fsp3) is 0.600. The van der Waals surface area contributed by atoms with Gasteiger partial charge in [0.1, 0.15) is 5.65 Å². The lowest BCUT2D eigenvalue weighted by molar-refractivity contribution is 0.111. The summed E-state index contributed by atoms with van der Waals surface area (Å²) in [4.78, 5) is 12.2. The number of fused-ring (bicyclic) bond motifs is 1. The summed E-state index contributed by atoms with van der Waals surface area (Å²) in [5.74, 6) is 1.50. The van der Waals surface area contributed by atoms with Gasteiger partial charge in [-0.3, -0.25) is 0 Å². The minimum atomic E-state index is -0.165. The van der Waals surface area contributed by atoms with E-state index in [2.05, 4.69) is 66.1 Å². The van der Waals surface area contributed by atoms with Gasteiger partial charge in [-0.1, -0.05) is 37.6 Å². The van der Waals surface area contributed by atoms with E-state index in [1.54, 1.807) is 0 Å². The lowest BCUT2D eigenvalue weighted by atomic mass is 9.90. The molecule has 3 heterocycles. The van der Waals surface area contributed by atoms with Gasteiger partial charge in [-0.25, -0.2) is 4.98 Å². The highest BCUT2D eigenvalue weighted by atomic mass is 16.3. The average Bonchev–Trinajstić information content (AvgIpc) is 3.25. The van der Waals surface area contributed by atoms with Crippen LogP contribution in [0.25, 0.3) is 22.2 Å². The normalized spacial score (nSPS) is 22.7. The Kier molecular flexibility index (Phi) is 7.92. The molecule has 2 fully saturated rings. The summed E-state index contributed by atoms with van der Waals surface area (Å²) >= 11 is 0. The summed E-state index contributed by atoms with van der Waals surface area (Å²) in [6.45, 7) is 6.83. The van der Waals surface area contributed by atoms with Crippen molar-refractivity contribution in [1.82, 2.24) is 19.4 Å². The quantitative estimate of drug-likeness (QED) is 0.403. The first-order valence-corrected chi connectivity index (χ1v) is 14.1. The van der Waals surface area contributed by atoms with Crippen molar-refractivity contribution in [3.8, 4) is 11.1 Å². The molecule has 0 bridgehead atoms. The lowest BCUT2D eigenvalue weighted by Crippen LogP contribution is -2.30. The third-order valence-corrected chi connectivity index (χ3v) is 8.36. The van der Waals surface area contributed by atoms with Crippen LogP contribution >= 0.6 is 0 Å². The summed E-state index contributed by atoms with van der Waals surface area (Å²) in [6, 6.07) is 9.91. The molecule has 2 aromatic heterocycles. The Balaban J connectivity index is 1.42. The predicted molar refractivity (Wildman–Crippen MR) is 148 cm³/mol. The van der Waals surface area contributed by atoms with Crippen LogP contribution in [0.15, 0.2) is 36.7 Å². The number of benzene rings is 1. The number of nitrogens with zero attached hydrogens (tertiary/aromatic N) is 4. The second-order valence-electron chi connectivity index (χ2n) is 11.3. The van der Waals surface area contributed by atoms with Crippen LogP contribution in [0.2, 0.25) is 0 Å². The van der Waals surface area contributed by atoms with Crippen LogP contribution in [0.3, 0.4) is 0 Å². The van der Waals surface area contributed by atoms with Crippen molar-refractivity contribution in [2.75, 3.05) is 25.5 Å². The number of aliphatic hydroxyl groups excluding tert-OH is 1. The number of likely N-dealkylation sites (tertiary alicyclic amines) is 1. The number of anilines is 1. The summed E-state index contributed by atoms with van der Waals surface area (Å²) in [7, 11) is 2.23. The molecule has 2 aliphatic rings. The summed E-state index contributed by atoms with van der Waals surface area (Å²) in [6.07, 6.45) is 13.8. The van der Waals surface area contributed by atoms with E-state index in [-0.39, 0.29) is 6.10 Å². The van der Waals surface area contributed by atoms with Crippen LogP contribution in [0.5, 0.6) is 0 Å². The third-order valence-electron chi connectivity index (χ3n) is 8.36. The zero-order valence-corrected chi connectivity index (χ0v) is 22.3. The van der Waals surface area contributed by atoms with E-state index >= 15 is 0 Å². The first-order chi connectivity index (χ1) is 17.5. The number of nitrogens with one attached hydrogen (secondary N) is 1. The van der Waals surface area contributed by atoms with E-state index in [1.165, 1.54) is 49.0 Å². The summed E-state index contributed by atoms with van der Waals surface area (Å²) in [5.41, 5.74) is 4.87. The number of rotatable bonds is 8. The zero-order valence-electron chi connectivity index (χ0n) is 22.3. The van der Waals surface area contributed by atoms with Gasteiger partial charge < -0.3 is 19.9 Å². The molecule has 1 atom stereocenters. The molecule has 2 N–H and O–H groups in total. The van der Waals surface area contributed by atoms with Crippen LogP contribution in [0.4, 0.5) is 5.95 Å². The van der Waals surface area contributed by atoms with Crippen molar-refractivity contribution < 1.29 is 5.11 Å². The molecule has 1 aromatic carbocycles. The van der Waals surface area contributed by atoms with Gasteiger partial charge in [0.25, 0.3) is 0 Å². The molecule has 36 heavy (non-hydrogen) atoms. The second-order valence-corrected chi connectivity index (χ2v) is 11.3. The number of aromatic nitrogens is 3. The largest absolute Gasteiger partial charge is 0.393 e. The van der Waals surface area contributed by atoms with E-state index in [0.29, 0.717) is 18.0 Å². The molecule has 1 aliphatic carbocycles. The van der Waals surface area contributed by atoms with Crippen LogP contribution in [0.1, 0.15) is 76.8 Å². The Morgan fingerprint density at radius 3 is 2.47 bits per heavy atom. The zero-order chi connectivity index (χ0) is 25.1. The molecule has 194 valence electrons. The van der Waals surface area contributed by atoms with Crippen LogP contribution in [-0.2, 0) is 6.42 Å². The first kappa shape index (κ1) is 25.2. The molecule has 0 amide bonds. The monoisotopic (exact) mass is 489 g/mol. The van der Waals surface area contributed by atoms with Gasteiger partial charge in [-0.05, 0) is 95.5 Å². The Labute approximate surface area is 216 Å². The lowest BCUT2D eigenvalue weighted by Gasteiger charge is -2.29. The molecular weight excluding hydrogens is 446 g/mol. The standard InChI is InChI=1S/C30H43N5O/c1-4-5-21(2)32-30-31-19-27-28(20-35(29(27)33-30)25-10-12-26(36)13-11-25)24-8-6-22(7-9-24)18-23-14-16-34(3)17-15-23/h6-9,19-21,23,25-26,36H,4-5,10-18H2,1-3H3,(H,31,32,33)/t21-,25?,26?/m0/s1. The Bertz CT molecular complexity index is 1120. The topological polar surface area (TPSA) is 66.2 Å². The first-order valence-electron chi connectivity index (χ1n) is 14.1. The Morgan fingerprint density at radius 1 is 1.06 bits per heavy atom. The van der Waals surface area contributed by atoms with Crippen molar-refractivity contribution in [2.24, 2.45) is 5.92 Å². The van der Waals surface area contributed by atoms with E-state index in [9.17, 15) is 5.11 Å². The highest BCUT2D eigenvalue weighted by Gasteiger charge is 2.24. The van der Waals surface area contributed by atoms with Crippen LogP contribution in [-0.4, -0.2) is 56.8 Å². The molecule has 1 saturated heterocycles. The van der Waals surface area contributed by atoms with Gasteiger partial charge in [0.15, 0.2) is 0 Å². The molecular formula is C30H43N5O. The minimum absolute atomic E-state index is 0.165. The SMILES string of the molecule is CCC[C@H](C)Nc1ncc2c(-c3ccc(CC4CCN(C)CC4)cc3)cn(C3CCC(O)CC3)c2n1. The molecule has 6 heteroatoms. The van der Waals surface area contributed by atoms with Crippen molar-refractivity contribution >= 4 is 17.0 Å².